The SMILES string of the molecule is Cc1ccc(O)c(C(=O)N2CCCCCC2CC(O)c2ccco2)c1. The molecule has 0 saturated carbocycles. The van der Waals surface area contributed by atoms with Gasteiger partial charge in [0.05, 0.1) is 11.8 Å². The van der Waals surface area contributed by atoms with Crippen LogP contribution < -0.4 is 0 Å². The number of furan rings is 1. The molecule has 25 heavy (non-hydrogen) atoms. The largest absolute Gasteiger partial charge is 0.507 e. The molecule has 2 aromatic rings. The van der Waals surface area contributed by atoms with Crippen molar-refractivity contribution in [1.29, 1.82) is 0 Å². The number of aliphatic hydroxyl groups excluding tert-OH is 1. The fraction of sp³-hybridized carbons (Fsp3) is 0.450. The van der Waals surface area contributed by atoms with Crippen molar-refractivity contribution in [2.24, 2.45) is 0 Å². The Morgan fingerprint density at radius 1 is 1.32 bits per heavy atom. The lowest BCUT2D eigenvalue weighted by molar-refractivity contribution is 0.0555. The second kappa shape index (κ2) is 7.74. The molecule has 2 unspecified atom stereocenters. The number of nitrogens with zero attached hydrogens (tertiary/aromatic N) is 1. The smallest absolute Gasteiger partial charge is 0.257 e. The first-order valence-corrected chi connectivity index (χ1v) is 8.88. The number of likely N-dealkylation sites (tertiary alicyclic amines) is 1. The van der Waals surface area contributed by atoms with Crippen LogP contribution in [0.5, 0.6) is 5.75 Å². The van der Waals surface area contributed by atoms with Crippen molar-refractivity contribution in [1.82, 2.24) is 4.90 Å². The zero-order chi connectivity index (χ0) is 17.8. The number of aliphatic hydroxyl groups is 1. The molecule has 0 aliphatic carbocycles. The van der Waals surface area contributed by atoms with Crippen molar-refractivity contribution in [2.45, 2.75) is 51.2 Å². The van der Waals surface area contributed by atoms with E-state index in [1.807, 2.05) is 11.8 Å². The molecule has 0 bridgehead atoms. The average molecular weight is 343 g/mol. The molecule has 1 aromatic heterocycles. The predicted octanol–water partition coefficient (Wildman–Crippen LogP) is 3.80. The van der Waals surface area contributed by atoms with Gasteiger partial charge in [0.2, 0.25) is 0 Å². The van der Waals surface area contributed by atoms with E-state index in [2.05, 4.69) is 0 Å². The molecule has 0 spiro atoms. The Kier molecular flexibility index (Phi) is 5.43. The maximum absolute atomic E-state index is 13.1. The van der Waals surface area contributed by atoms with Gasteiger partial charge in [-0.15, -0.1) is 0 Å². The Morgan fingerprint density at radius 2 is 2.16 bits per heavy atom. The highest BCUT2D eigenvalue weighted by molar-refractivity contribution is 5.97. The summed E-state index contributed by atoms with van der Waals surface area (Å²) in [6.07, 6.45) is 5.11. The highest BCUT2D eigenvalue weighted by Crippen LogP contribution is 2.29. The molecule has 2 atom stereocenters. The molecule has 5 heteroatoms. The van der Waals surface area contributed by atoms with Gasteiger partial charge in [0.25, 0.3) is 5.91 Å². The van der Waals surface area contributed by atoms with Crippen molar-refractivity contribution >= 4 is 5.91 Å². The molecule has 134 valence electrons. The van der Waals surface area contributed by atoms with E-state index in [9.17, 15) is 15.0 Å². The molecule has 2 N–H and O–H groups in total. The summed E-state index contributed by atoms with van der Waals surface area (Å²) >= 11 is 0. The van der Waals surface area contributed by atoms with E-state index in [0.29, 0.717) is 24.3 Å². The van der Waals surface area contributed by atoms with Crippen LogP contribution in [0.4, 0.5) is 0 Å². The molecule has 1 fully saturated rings. The van der Waals surface area contributed by atoms with Crippen LogP contribution in [0.3, 0.4) is 0 Å². The summed E-state index contributed by atoms with van der Waals surface area (Å²) < 4.78 is 5.29. The maximum Gasteiger partial charge on any atom is 0.257 e. The first-order valence-electron chi connectivity index (χ1n) is 8.88. The number of phenolic OH excluding ortho intramolecular Hbond substituents is 1. The Hall–Kier alpha value is -2.27. The highest BCUT2D eigenvalue weighted by atomic mass is 16.4. The third-order valence-corrected chi connectivity index (χ3v) is 4.89. The van der Waals surface area contributed by atoms with E-state index in [0.717, 1.165) is 31.2 Å². The average Bonchev–Trinajstić information content (AvgIpc) is 3.04. The monoisotopic (exact) mass is 343 g/mol. The van der Waals surface area contributed by atoms with Crippen molar-refractivity contribution in [3.63, 3.8) is 0 Å². The van der Waals surface area contributed by atoms with E-state index in [4.69, 9.17) is 4.42 Å². The van der Waals surface area contributed by atoms with Gasteiger partial charge < -0.3 is 19.5 Å². The third kappa shape index (κ3) is 4.04. The predicted molar refractivity (Wildman–Crippen MR) is 94.4 cm³/mol. The minimum atomic E-state index is -0.737. The lowest BCUT2D eigenvalue weighted by atomic mass is 10.00. The number of hydrogen-bond acceptors (Lipinski definition) is 4. The number of aromatic hydroxyl groups is 1. The van der Waals surface area contributed by atoms with Crippen LogP contribution in [0.1, 0.15) is 59.9 Å². The molecule has 3 rings (SSSR count). The Balaban J connectivity index is 1.82. The Morgan fingerprint density at radius 3 is 2.92 bits per heavy atom. The molecule has 2 heterocycles. The van der Waals surface area contributed by atoms with Crippen LogP contribution in [-0.4, -0.2) is 33.6 Å². The van der Waals surface area contributed by atoms with Gasteiger partial charge in [0, 0.05) is 19.0 Å². The van der Waals surface area contributed by atoms with Crippen molar-refractivity contribution in [3.8, 4) is 5.75 Å². The molecule has 1 aliphatic rings. The normalized spacial score (nSPS) is 19.4. The van der Waals surface area contributed by atoms with Gasteiger partial charge in [-0.1, -0.05) is 24.5 Å². The van der Waals surface area contributed by atoms with Gasteiger partial charge in [-0.3, -0.25) is 4.79 Å². The van der Waals surface area contributed by atoms with Gasteiger partial charge in [-0.2, -0.15) is 0 Å². The number of phenols is 1. The van der Waals surface area contributed by atoms with E-state index in [1.54, 1.807) is 36.6 Å². The van der Waals surface area contributed by atoms with Crippen LogP contribution in [-0.2, 0) is 0 Å². The quantitative estimate of drug-likeness (QED) is 0.885. The number of hydrogen-bond donors (Lipinski definition) is 2. The minimum absolute atomic E-state index is 0.00480. The summed E-state index contributed by atoms with van der Waals surface area (Å²) in [5.74, 6) is 0.361. The van der Waals surface area contributed by atoms with Gasteiger partial charge in [-0.25, -0.2) is 0 Å². The number of benzene rings is 1. The summed E-state index contributed by atoms with van der Waals surface area (Å²) in [6.45, 7) is 2.54. The van der Waals surface area contributed by atoms with E-state index in [1.165, 1.54) is 0 Å². The zero-order valence-corrected chi connectivity index (χ0v) is 14.5. The molecular formula is C20H25NO4. The van der Waals surface area contributed by atoms with Gasteiger partial charge in [-0.05, 0) is 44.0 Å². The first-order chi connectivity index (χ1) is 12.1. The first kappa shape index (κ1) is 17.5. The number of carbonyl (C=O) groups excluding carboxylic acids is 1. The molecule has 1 aliphatic heterocycles. The number of aryl methyl sites for hydroxylation is 1. The van der Waals surface area contributed by atoms with E-state index in [-0.39, 0.29) is 17.7 Å². The third-order valence-electron chi connectivity index (χ3n) is 4.89. The van der Waals surface area contributed by atoms with Crippen molar-refractivity contribution < 1.29 is 19.4 Å². The Bertz CT molecular complexity index is 710. The topological polar surface area (TPSA) is 73.9 Å². The number of rotatable bonds is 4. The summed E-state index contributed by atoms with van der Waals surface area (Å²) in [5.41, 5.74) is 1.27. The molecule has 1 amide bonds. The fourth-order valence-corrected chi connectivity index (χ4v) is 3.52. The van der Waals surface area contributed by atoms with Crippen LogP contribution in [0.2, 0.25) is 0 Å². The van der Waals surface area contributed by atoms with Crippen molar-refractivity contribution in [2.75, 3.05) is 6.54 Å². The highest BCUT2D eigenvalue weighted by Gasteiger charge is 2.30. The molecule has 5 nitrogen and oxygen atoms in total. The van der Waals surface area contributed by atoms with Crippen LogP contribution in [0.25, 0.3) is 0 Å². The lowest BCUT2D eigenvalue weighted by Gasteiger charge is -2.31. The van der Waals surface area contributed by atoms with Gasteiger partial charge >= 0.3 is 0 Å². The second-order valence-electron chi connectivity index (χ2n) is 6.79. The number of amides is 1. The summed E-state index contributed by atoms with van der Waals surface area (Å²) in [6, 6.07) is 8.50. The van der Waals surface area contributed by atoms with Crippen LogP contribution >= 0.6 is 0 Å². The summed E-state index contributed by atoms with van der Waals surface area (Å²) in [4.78, 5) is 14.9. The van der Waals surface area contributed by atoms with E-state index >= 15 is 0 Å². The van der Waals surface area contributed by atoms with Crippen molar-refractivity contribution in [3.05, 3.63) is 53.5 Å². The maximum atomic E-state index is 13.1. The van der Waals surface area contributed by atoms with Crippen LogP contribution in [0, 0.1) is 6.92 Å². The molecule has 0 radical (unpaired) electrons. The second-order valence-corrected chi connectivity index (χ2v) is 6.79. The van der Waals surface area contributed by atoms with Gasteiger partial charge in [0.15, 0.2) is 0 Å². The summed E-state index contributed by atoms with van der Waals surface area (Å²) in [7, 11) is 0. The lowest BCUT2D eigenvalue weighted by Crippen LogP contribution is -2.41. The fourth-order valence-electron chi connectivity index (χ4n) is 3.52. The standard InChI is InChI=1S/C20H25NO4/c1-14-8-9-17(22)16(12-14)20(24)21-10-4-2-3-6-15(21)13-18(23)19-7-5-11-25-19/h5,7-9,11-12,15,18,22-23H,2-4,6,10,13H2,1H3. The zero-order valence-electron chi connectivity index (χ0n) is 14.5. The Labute approximate surface area is 147 Å². The molecular weight excluding hydrogens is 318 g/mol. The minimum Gasteiger partial charge on any atom is -0.507 e. The van der Waals surface area contributed by atoms with Gasteiger partial charge in [0.1, 0.15) is 17.6 Å². The molecule has 1 saturated heterocycles. The number of carbonyl (C=O) groups is 1. The van der Waals surface area contributed by atoms with E-state index < -0.39 is 6.10 Å². The molecule has 1 aromatic carbocycles. The van der Waals surface area contributed by atoms with Crippen LogP contribution in [0.15, 0.2) is 41.0 Å². The summed E-state index contributed by atoms with van der Waals surface area (Å²) in [5, 5.41) is 20.6.